The fourth-order valence-corrected chi connectivity index (χ4v) is 2.38. The Morgan fingerprint density at radius 2 is 2.26 bits per heavy atom. The van der Waals surface area contributed by atoms with Gasteiger partial charge in [0.2, 0.25) is 11.1 Å². The van der Waals surface area contributed by atoms with Crippen molar-refractivity contribution in [1.29, 1.82) is 0 Å². The average Bonchev–Trinajstić information content (AvgIpc) is 2.41. The minimum absolute atomic E-state index is 0.222. The van der Waals surface area contributed by atoms with Crippen LogP contribution >= 0.6 is 27.7 Å². The first-order valence-corrected chi connectivity index (χ1v) is 6.97. The molecule has 0 atom stereocenters. The molecule has 0 bridgehead atoms. The van der Waals surface area contributed by atoms with E-state index < -0.39 is 0 Å². The molecule has 0 aromatic carbocycles. The van der Waals surface area contributed by atoms with Crippen LogP contribution in [0.4, 0.5) is 5.95 Å². The molecule has 2 heterocycles. The topological polar surface area (TPSA) is 98.8 Å². The van der Waals surface area contributed by atoms with Crippen LogP contribution in [-0.2, 0) is 0 Å². The number of hydrogen-bond donors (Lipinski definition) is 2. The van der Waals surface area contributed by atoms with Crippen molar-refractivity contribution in [2.24, 2.45) is 5.84 Å². The molecule has 2 aromatic rings. The largest absolute Gasteiger partial charge is 0.464 e. The molecule has 0 amide bonds. The molecule has 0 aliphatic rings. The van der Waals surface area contributed by atoms with Crippen molar-refractivity contribution in [2.75, 3.05) is 12.0 Å². The van der Waals surface area contributed by atoms with Crippen LogP contribution < -0.4 is 16.0 Å². The molecule has 0 saturated carbocycles. The maximum Gasteiger partial charge on any atom is 0.322 e. The van der Waals surface area contributed by atoms with Crippen LogP contribution in [0.25, 0.3) is 0 Å². The average molecular weight is 343 g/mol. The third-order valence-electron chi connectivity index (χ3n) is 1.91. The molecule has 9 heteroatoms. The lowest BCUT2D eigenvalue weighted by atomic mass is 10.5. The molecule has 19 heavy (non-hydrogen) atoms. The molecular formula is C10H11BrN6OS. The monoisotopic (exact) mass is 342 g/mol. The van der Waals surface area contributed by atoms with Crippen LogP contribution in [0.2, 0.25) is 0 Å². The summed E-state index contributed by atoms with van der Waals surface area (Å²) < 4.78 is 6.12. The van der Waals surface area contributed by atoms with E-state index in [1.807, 2.05) is 19.1 Å². The van der Waals surface area contributed by atoms with Gasteiger partial charge in [-0.25, -0.2) is 10.8 Å². The molecule has 0 fully saturated rings. The fourth-order valence-electron chi connectivity index (χ4n) is 1.17. The Balaban J connectivity index is 2.29. The number of halogens is 1. The Morgan fingerprint density at radius 3 is 2.95 bits per heavy atom. The predicted octanol–water partition coefficient (Wildman–Crippen LogP) is 1.86. The van der Waals surface area contributed by atoms with Crippen LogP contribution in [0.3, 0.4) is 0 Å². The van der Waals surface area contributed by atoms with E-state index >= 15 is 0 Å². The lowest BCUT2D eigenvalue weighted by Gasteiger charge is -2.06. The van der Waals surface area contributed by atoms with E-state index in [0.29, 0.717) is 11.8 Å². The van der Waals surface area contributed by atoms with Crippen molar-refractivity contribution in [2.45, 2.75) is 17.1 Å². The Bertz CT molecular complexity index is 569. The van der Waals surface area contributed by atoms with E-state index in [2.05, 4.69) is 41.3 Å². The summed E-state index contributed by atoms with van der Waals surface area (Å²) in [6, 6.07) is 3.95. The molecule has 7 nitrogen and oxygen atoms in total. The van der Waals surface area contributed by atoms with Crippen molar-refractivity contribution >= 4 is 33.6 Å². The fraction of sp³-hybridized carbons (Fsp3) is 0.200. The molecule has 0 aliphatic carbocycles. The van der Waals surface area contributed by atoms with Crippen LogP contribution in [0.1, 0.15) is 6.92 Å². The summed E-state index contributed by atoms with van der Waals surface area (Å²) in [5.74, 6) is 5.56. The first-order valence-electron chi connectivity index (χ1n) is 5.36. The summed E-state index contributed by atoms with van der Waals surface area (Å²) >= 11 is 4.70. The highest BCUT2D eigenvalue weighted by Crippen LogP contribution is 2.30. The lowest BCUT2D eigenvalue weighted by molar-refractivity contribution is 0.308. The van der Waals surface area contributed by atoms with E-state index in [1.165, 1.54) is 11.8 Å². The number of rotatable bonds is 5. The number of hydrazine groups is 1. The molecule has 0 unspecified atom stereocenters. The maximum absolute atomic E-state index is 5.31. The summed E-state index contributed by atoms with van der Waals surface area (Å²) in [6.07, 6.45) is 1.69. The first kappa shape index (κ1) is 14.0. The third kappa shape index (κ3) is 3.75. The zero-order valence-electron chi connectivity index (χ0n) is 10.00. The Kier molecular flexibility index (Phi) is 4.88. The number of nitrogens with one attached hydrogen (secondary N) is 1. The van der Waals surface area contributed by atoms with Gasteiger partial charge in [0.15, 0.2) is 0 Å². The smallest absolute Gasteiger partial charge is 0.322 e. The Hall–Kier alpha value is -1.45. The Labute approximate surface area is 122 Å². The van der Waals surface area contributed by atoms with Crippen molar-refractivity contribution in [3.63, 3.8) is 0 Å². The van der Waals surface area contributed by atoms with Gasteiger partial charge in [-0.2, -0.15) is 15.0 Å². The number of nitrogens with two attached hydrogens (primary N) is 1. The first-order chi connectivity index (χ1) is 9.22. The van der Waals surface area contributed by atoms with E-state index in [-0.39, 0.29) is 12.0 Å². The molecule has 0 spiro atoms. The van der Waals surface area contributed by atoms with Crippen LogP contribution in [-0.4, -0.2) is 26.5 Å². The second-order valence-corrected chi connectivity index (χ2v) is 5.00. The molecular weight excluding hydrogens is 332 g/mol. The number of anilines is 1. The molecule has 2 rings (SSSR count). The number of ether oxygens (including phenoxy) is 1. The summed E-state index contributed by atoms with van der Waals surface area (Å²) in [4.78, 5) is 16.5. The number of pyridine rings is 1. The highest BCUT2D eigenvalue weighted by Gasteiger charge is 2.10. The minimum Gasteiger partial charge on any atom is -0.464 e. The zero-order chi connectivity index (χ0) is 13.7. The normalized spacial score (nSPS) is 10.3. The van der Waals surface area contributed by atoms with Crippen molar-refractivity contribution in [1.82, 2.24) is 19.9 Å². The minimum atomic E-state index is 0.222. The lowest BCUT2D eigenvalue weighted by Crippen LogP contribution is -2.12. The molecule has 100 valence electrons. The van der Waals surface area contributed by atoms with E-state index in [9.17, 15) is 0 Å². The van der Waals surface area contributed by atoms with Crippen molar-refractivity contribution < 1.29 is 4.74 Å². The second-order valence-electron chi connectivity index (χ2n) is 3.19. The predicted molar refractivity (Wildman–Crippen MR) is 74.9 cm³/mol. The molecule has 0 saturated heterocycles. The van der Waals surface area contributed by atoms with Gasteiger partial charge in [0.05, 0.1) is 11.1 Å². The van der Waals surface area contributed by atoms with Gasteiger partial charge >= 0.3 is 6.01 Å². The van der Waals surface area contributed by atoms with E-state index in [1.54, 1.807) is 6.20 Å². The van der Waals surface area contributed by atoms with Gasteiger partial charge in [-0.1, -0.05) is 0 Å². The third-order valence-corrected chi connectivity index (χ3v) is 3.70. The van der Waals surface area contributed by atoms with Crippen molar-refractivity contribution in [3.8, 4) is 6.01 Å². The molecule has 3 N–H and O–H groups in total. The van der Waals surface area contributed by atoms with Gasteiger partial charge in [0.25, 0.3) is 0 Å². The maximum atomic E-state index is 5.31. The number of nitrogens with zero attached hydrogens (tertiary/aromatic N) is 4. The standard InChI is InChI=1S/C10H11BrN6OS/c1-2-18-9-14-8(17-12)15-10(16-9)19-7-6(11)4-3-5-13-7/h3-5H,2,12H2,1H3,(H,14,15,16,17). The summed E-state index contributed by atoms with van der Waals surface area (Å²) in [6.45, 7) is 2.31. The van der Waals surface area contributed by atoms with Gasteiger partial charge in [-0.15, -0.1) is 0 Å². The number of hydrogen-bond acceptors (Lipinski definition) is 8. The summed E-state index contributed by atoms with van der Waals surface area (Å²) in [5, 5.41) is 1.20. The summed E-state index contributed by atoms with van der Waals surface area (Å²) in [5.41, 5.74) is 2.38. The van der Waals surface area contributed by atoms with Crippen molar-refractivity contribution in [3.05, 3.63) is 22.8 Å². The van der Waals surface area contributed by atoms with Gasteiger partial charge in [-0.3, -0.25) is 5.43 Å². The highest BCUT2D eigenvalue weighted by molar-refractivity contribution is 9.10. The van der Waals surface area contributed by atoms with Crippen LogP contribution in [0, 0.1) is 0 Å². The zero-order valence-corrected chi connectivity index (χ0v) is 12.4. The van der Waals surface area contributed by atoms with Gasteiger partial charge in [0.1, 0.15) is 5.03 Å². The second kappa shape index (κ2) is 6.64. The number of aromatic nitrogens is 4. The number of nitrogen functional groups attached to an aromatic ring is 1. The molecule has 2 aromatic heterocycles. The van der Waals surface area contributed by atoms with Crippen LogP contribution in [0.15, 0.2) is 33.0 Å². The van der Waals surface area contributed by atoms with Gasteiger partial charge in [-0.05, 0) is 46.7 Å². The van der Waals surface area contributed by atoms with E-state index in [4.69, 9.17) is 10.6 Å². The quantitative estimate of drug-likeness (QED) is 0.627. The molecule has 0 radical (unpaired) electrons. The highest BCUT2D eigenvalue weighted by atomic mass is 79.9. The van der Waals surface area contributed by atoms with Gasteiger partial charge < -0.3 is 4.74 Å². The summed E-state index contributed by atoms with van der Waals surface area (Å²) in [7, 11) is 0. The molecule has 0 aliphatic heterocycles. The van der Waals surface area contributed by atoms with Crippen LogP contribution in [0.5, 0.6) is 6.01 Å². The Morgan fingerprint density at radius 1 is 1.42 bits per heavy atom. The SMILES string of the molecule is CCOc1nc(NN)nc(Sc2ncccc2Br)n1. The van der Waals surface area contributed by atoms with E-state index in [0.717, 1.165) is 9.50 Å². The van der Waals surface area contributed by atoms with Gasteiger partial charge in [0, 0.05) is 6.20 Å².